The molecule has 0 aliphatic heterocycles. The van der Waals surface area contributed by atoms with Crippen LogP contribution in [0.25, 0.3) is 0 Å². The first-order valence-corrected chi connectivity index (χ1v) is 7.37. The lowest BCUT2D eigenvalue weighted by molar-refractivity contribution is -0.387. The molecule has 0 saturated heterocycles. The molecule has 110 valence electrons. The second kappa shape index (κ2) is 6.01. The second-order valence-electron chi connectivity index (χ2n) is 4.57. The van der Waals surface area contributed by atoms with Crippen molar-refractivity contribution in [2.24, 2.45) is 0 Å². The Morgan fingerprint density at radius 1 is 1.29 bits per heavy atom. The fourth-order valence-electron chi connectivity index (χ4n) is 1.86. The van der Waals surface area contributed by atoms with Crippen molar-refractivity contribution >= 4 is 22.2 Å². The van der Waals surface area contributed by atoms with Gasteiger partial charge in [0.05, 0.1) is 26.4 Å². The van der Waals surface area contributed by atoms with Crippen LogP contribution in [0.15, 0.2) is 41.3 Å². The Balaban J connectivity index is 2.26. The molecule has 0 saturated carbocycles. The van der Waals surface area contributed by atoms with Gasteiger partial charge in [-0.25, -0.2) is 0 Å². The molecule has 2 N–H and O–H groups in total. The van der Waals surface area contributed by atoms with E-state index in [0.717, 1.165) is 17.7 Å². The molecule has 0 aliphatic rings. The first kappa shape index (κ1) is 15.1. The molecule has 1 unspecified atom stereocenters. The maximum Gasteiger partial charge on any atom is 0.304 e. The van der Waals surface area contributed by atoms with Crippen molar-refractivity contribution in [2.45, 2.75) is 17.6 Å². The van der Waals surface area contributed by atoms with Crippen LogP contribution in [0.2, 0.25) is 0 Å². The molecule has 2 aromatic rings. The summed E-state index contributed by atoms with van der Waals surface area (Å²) in [5.74, 6) is -0.894. The summed E-state index contributed by atoms with van der Waals surface area (Å²) in [5.41, 5.74) is 6.92. The zero-order valence-corrected chi connectivity index (χ0v) is 12.0. The molecule has 2 aromatic carbocycles. The van der Waals surface area contributed by atoms with E-state index in [0.29, 0.717) is 16.1 Å². The van der Waals surface area contributed by atoms with Crippen LogP contribution < -0.4 is 5.73 Å². The largest absolute Gasteiger partial charge is 0.398 e. The van der Waals surface area contributed by atoms with Crippen LogP contribution >= 0.6 is 0 Å². The maximum absolute atomic E-state index is 13.5. The number of benzene rings is 2. The van der Waals surface area contributed by atoms with Gasteiger partial charge >= 0.3 is 5.69 Å². The maximum atomic E-state index is 13.5. The molecule has 0 aliphatic carbocycles. The minimum Gasteiger partial charge on any atom is -0.398 e. The second-order valence-corrected chi connectivity index (χ2v) is 5.99. The minimum atomic E-state index is -1.44. The van der Waals surface area contributed by atoms with Gasteiger partial charge in [-0.05, 0) is 36.2 Å². The van der Waals surface area contributed by atoms with E-state index in [1.165, 1.54) is 6.07 Å². The quantitative estimate of drug-likeness (QED) is 0.534. The van der Waals surface area contributed by atoms with E-state index in [1.54, 1.807) is 12.1 Å². The smallest absolute Gasteiger partial charge is 0.304 e. The number of hydrogen-bond donors (Lipinski definition) is 1. The van der Waals surface area contributed by atoms with E-state index in [9.17, 15) is 18.7 Å². The highest BCUT2D eigenvalue weighted by atomic mass is 32.2. The summed E-state index contributed by atoms with van der Waals surface area (Å²) in [6.07, 6.45) is 0. The number of nitrogens with zero attached hydrogens (tertiary/aromatic N) is 1. The average Bonchev–Trinajstić information content (AvgIpc) is 2.41. The predicted octanol–water partition coefficient (Wildman–Crippen LogP) is 2.93. The normalized spacial score (nSPS) is 12.1. The van der Waals surface area contributed by atoms with Crippen molar-refractivity contribution in [1.82, 2.24) is 0 Å². The van der Waals surface area contributed by atoms with Crippen molar-refractivity contribution in [1.29, 1.82) is 0 Å². The number of rotatable bonds is 4. The lowest BCUT2D eigenvalue weighted by Crippen LogP contribution is -2.02. The Kier molecular flexibility index (Phi) is 4.32. The summed E-state index contributed by atoms with van der Waals surface area (Å²) < 4.78 is 25.8. The molecule has 0 radical (unpaired) electrons. The van der Waals surface area contributed by atoms with E-state index in [-0.39, 0.29) is 5.75 Å². The van der Waals surface area contributed by atoms with Gasteiger partial charge in [-0.2, -0.15) is 4.39 Å². The summed E-state index contributed by atoms with van der Waals surface area (Å²) >= 11 is 0. The molecule has 1 atom stereocenters. The molecule has 0 fully saturated rings. The third kappa shape index (κ3) is 3.43. The van der Waals surface area contributed by atoms with Crippen LogP contribution in [0.3, 0.4) is 0 Å². The van der Waals surface area contributed by atoms with Gasteiger partial charge in [0, 0.05) is 11.8 Å². The van der Waals surface area contributed by atoms with Crippen LogP contribution in [0.4, 0.5) is 15.8 Å². The van der Waals surface area contributed by atoms with E-state index in [1.807, 2.05) is 13.0 Å². The summed E-state index contributed by atoms with van der Waals surface area (Å²) in [5, 5.41) is 10.5. The molecule has 7 heteroatoms. The Morgan fingerprint density at radius 3 is 2.62 bits per heavy atom. The number of aryl methyl sites for hydroxylation is 1. The monoisotopic (exact) mass is 308 g/mol. The molecule has 21 heavy (non-hydrogen) atoms. The fourth-order valence-corrected chi connectivity index (χ4v) is 3.14. The third-order valence-corrected chi connectivity index (χ3v) is 4.36. The van der Waals surface area contributed by atoms with E-state index < -0.39 is 27.2 Å². The Labute approximate surface area is 123 Å². The van der Waals surface area contributed by atoms with E-state index in [4.69, 9.17) is 5.73 Å². The van der Waals surface area contributed by atoms with Gasteiger partial charge in [-0.15, -0.1) is 0 Å². The van der Waals surface area contributed by atoms with Gasteiger partial charge in [0.15, 0.2) is 0 Å². The minimum absolute atomic E-state index is 0.0442. The molecule has 0 heterocycles. The van der Waals surface area contributed by atoms with Crippen LogP contribution in [-0.2, 0) is 16.6 Å². The number of hydrogen-bond acceptors (Lipinski definition) is 4. The molecule has 5 nitrogen and oxygen atoms in total. The van der Waals surface area contributed by atoms with Gasteiger partial charge < -0.3 is 5.73 Å². The fraction of sp³-hybridized carbons (Fsp3) is 0.143. The topological polar surface area (TPSA) is 86.2 Å². The lowest BCUT2D eigenvalue weighted by atomic mass is 10.2. The van der Waals surface area contributed by atoms with Crippen molar-refractivity contribution < 1.29 is 13.5 Å². The Bertz CT molecular complexity index is 734. The highest BCUT2D eigenvalue weighted by Gasteiger charge is 2.16. The summed E-state index contributed by atoms with van der Waals surface area (Å²) in [4.78, 5) is 10.2. The molecule has 0 bridgehead atoms. The highest BCUT2D eigenvalue weighted by molar-refractivity contribution is 7.84. The standard InChI is InChI=1S/C14H13FN2O3S/c1-9-2-4-12(16)14(6-9)21(20)8-10-3-5-13(17(18)19)11(15)7-10/h2-7H,8,16H2,1H3. The third-order valence-electron chi connectivity index (χ3n) is 2.92. The molecule has 0 aromatic heterocycles. The zero-order chi connectivity index (χ0) is 15.6. The van der Waals surface area contributed by atoms with Gasteiger partial charge in [0.2, 0.25) is 5.82 Å². The number of anilines is 1. The van der Waals surface area contributed by atoms with E-state index >= 15 is 0 Å². The van der Waals surface area contributed by atoms with Gasteiger partial charge in [-0.3, -0.25) is 14.3 Å². The molecule has 2 rings (SSSR count). The van der Waals surface area contributed by atoms with Crippen molar-refractivity contribution in [2.75, 3.05) is 5.73 Å². The van der Waals surface area contributed by atoms with Crippen molar-refractivity contribution in [3.05, 3.63) is 63.5 Å². The SMILES string of the molecule is Cc1ccc(N)c(S(=O)Cc2ccc([N+](=O)[O-])c(F)c2)c1. The van der Waals surface area contributed by atoms with Crippen LogP contribution in [0.1, 0.15) is 11.1 Å². The first-order valence-electron chi connectivity index (χ1n) is 6.06. The number of nitrogen functional groups attached to an aromatic ring is 1. The zero-order valence-electron chi connectivity index (χ0n) is 11.2. The molecule has 0 spiro atoms. The highest BCUT2D eigenvalue weighted by Crippen LogP contribution is 2.23. The van der Waals surface area contributed by atoms with E-state index in [2.05, 4.69) is 0 Å². The number of halogens is 1. The number of nitro groups is 1. The summed E-state index contributed by atoms with van der Waals surface area (Å²) in [6, 6.07) is 8.68. The first-order chi connectivity index (χ1) is 9.88. The Morgan fingerprint density at radius 2 is 2.00 bits per heavy atom. The van der Waals surface area contributed by atoms with Gasteiger partial charge in [0.1, 0.15) is 0 Å². The average molecular weight is 308 g/mol. The van der Waals surface area contributed by atoms with Crippen LogP contribution in [0.5, 0.6) is 0 Å². The van der Waals surface area contributed by atoms with Crippen LogP contribution in [0, 0.1) is 22.9 Å². The summed E-state index contributed by atoms with van der Waals surface area (Å²) in [7, 11) is -1.44. The summed E-state index contributed by atoms with van der Waals surface area (Å²) in [6.45, 7) is 1.85. The van der Waals surface area contributed by atoms with Crippen molar-refractivity contribution in [3.63, 3.8) is 0 Å². The Hall–Kier alpha value is -2.28. The van der Waals surface area contributed by atoms with Crippen molar-refractivity contribution in [3.8, 4) is 0 Å². The predicted molar refractivity (Wildman–Crippen MR) is 78.8 cm³/mol. The van der Waals surface area contributed by atoms with Gasteiger partial charge in [-0.1, -0.05) is 12.1 Å². The molecular formula is C14H13FN2O3S. The lowest BCUT2D eigenvalue weighted by Gasteiger charge is -2.07. The van der Waals surface area contributed by atoms with Gasteiger partial charge in [0.25, 0.3) is 0 Å². The molecular weight excluding hydrogens is 295 g/mol. The number of nitro benzene ring substituents is 1. The van der Waals surface area contributed by atoms with Crippen LogP contribution in [-0.4, -0.2) is 9.13 Å². The molecule has 0 amide bonds. The number of nitrogens with two attached hydrogens (primary N) is 1.